The van der Waals surface area contributed by atoms with Gasteiger partial charge in [0.25, 0.3) is 5.91 Å². The van der Waals surface area contributed by atoms with E-state index >= 15 is 0 Å². The third-order valence-electron chi connectivity index (χ3n) is 8.18. The predicted molar refractivity (Wildman–Crippen MR) is 179 cm³/mol. The lowest BCUT2D eigenvalue weighted by atomic mass is 9.98. The molecule has 0 saturated carbocycles. The van der Waals surface area contributed by atoms with E-state index < -0.39 is 5.97 Å². The Morgan fingerprint density at radius 1 is 1.00 bits per heavy atom. The number of piperidine rings is 1. The Balaban J connectivity index is 1.28. The molecule has 2 heterocycles. The van der Waals surface area contributed by atoms with Crippen molar-refractivity contribution >= 4 is 29.3 Å². The van der Waals surface area contributed by atoms with E-state index in [4.69, 9.17) is 15.0 Å². The van der Waals surface area contributed by atoms with Gasteiger partial charge in [0.15, 0.2) is 5.82 Å². The summed E-state index contributed by atoms with van der Waals surface area (Å²) in [6.45, 7) is 8.67. The van der Waals surface area contributed by atoms with Crippen molar-refractivity contribution in [3.63, 3.8) is 0 Å². The summed E-state index contributed by atoms with van der Waals surface area (Å²) in [5.41, 5.74) is 7.58. The highest BCUT2D eigenvalue weighted by Crippen LogP contribution is 2.32. The number of nitrogens with zero attached hydrogens (tertiary/aromatic N) is 4. The molecule has 1 saturated heterocycles. The highest BCUT2D eigenvalue weighted by atomic mass is 16.5. The molecule has 0 atom stereocenters. The lowest BCUT2D eigenvalue weighted by Crippen LogP contribution is -2.39. The number of anilines is 3. The van der Waals surface area contributed by atoms with Crippen LogP contribution in [0.2, 0.25) is 0 Å². The molecule has 1 aromatic heterocycles. The van der Waals surface area contributed by atoms with E-state index in [1.807, 2.05) is 62.4 Å². The number of hydrogen-bond donors (Lipinski definition) is 3. The standard InChI is InChI=1S/C36H39N7O3/c1-5-46-35(45)31-21-39-36(40-30-14-16-43(17-15-30)22-26-8-12-28(13-9-26)34(44)38-4)42-33(31)41-32-23(2)18-29(19-24(32)3)27-10-6-25(20-37)7-11-27/h6-13,18-19,21,30H,5,14-17,22H2,1-4H3,(H,38,44)(H2,39,40,41,42). The summed E-state index contributed by atoms with van der Waals surface area (Å²) in [6, 6.07) is 21.7. The summed E-state index contributed by atoms with van der Waals surface area (Å²) >= 11 is 0. The zero-order valence-corrected chi connectivity index (χ0v) is 26.7. The Morgan fingerprint density at radius 3 is 2.28 bits per heavy atom. The van der Waals surface area contributed by atoms with Gasteiger partial charge in [-0.1, -0.05) is 24.3 Å². The maximum absolute atomic E-state index is 12.9. The van der Waals surface area contributed by atoms with Crippen molar-refractivity contribution in [1.82, 2.24) is 20.2 Å². The summed E-state index contributed by atoms with van der Waals surface area (Å²) in [6.07, 6.45) is 3.34. The van der Waals surface area contributed by atoms with Crippen molar-refractivity contribution < 1.29 is 14.3 Å². The third kappa shape index (κ3) is 7.68. The smallest absolute Gasteiger partial charge is 0.343 e. The number of aryl methyl sites for hydroxylation is 2. The Bertz CT molecular complexity index is 1720. The highest BCUT2D eigenvalue weighted by molar-refractivity contribution is 5.96. The molecule has 46 heavy (non-hydrogen) atoms. The molecule has 0 spiro atoms. The normalized spacial score (nSPS) is 13.5. The van der Waals surface area contributed by atoms with Crippen LogP contribution in [0, 0.1) is 25.2 Å². The zero-order valence-electron chi connectivity index (χ0n) is 26.7. The van der Waals surface area contributed by atoms with Gasteiger partial charge in [0.2, 0.25) is 5.95 Å². The van der Waals surface area contributed by atoms with Crippen LogP contribution in [0.25, 0.3) is 11.1 Å². The second-order valence-electron chi connectivity index (χ2n) is 11.4. The third-order valence-corrected chi connectivity index (χ3v) is 8.18. The van der Waals surface area contributed by atoms with Gasteiger partial charge >= 0.3 is 5.97 Å². The molecule has 0 aliphatic carbocycles. The predicted octanol–water partition coefficient (Wildman–Crippen LogP) is 5.99. The summed E-state index contributed by atoms with van der Waals surface area (Å²) in [5, 5.41) is 18.7. The average Bonchev–Trinajstić information content (AvgIpc) is 3.07. The number of carbonyl (C=O) groups excluding carboxylic acids is 2. The summed E-state index contributed by atoms with van der Waals surface area (Å²) < 4.78 is 5.31. The molecular formula is C36H39N7O3. The maximum Gasteiger partial charge on any atom is 0.343 e. The second-order valence-corrected chi connectivity index (χ2v) is 11.4. The van der Waals surface area contributed by atoms with E-state index in [1.54, 1.807) is 14.0 Å². The first kappa shape index (κ1) is 32.1. The Labute approximate surface area is 269 Å². The first-order chi connectivity index (χ1) is 22.3. The molecule has 0 radical (unpaired) electrons. The van der Waals surface area contributed by atoms with E-state index in [9.17, 15) is 9.59 Å². The fourth-order valence-electron chi connectivity index (χ4n) is 5.67. The van der Waals surface area contributed by atoms with Crippen molar-refractivity contribution in [2.75, 3.05) is 37.4 Å². The average molecular weight is 618 g/mol. The van der Waals surface area contributed by atoms with Crippen LogP contribution >= 0.6 is 0 Å². The second kappa shape index (κ2) is 14.7. The van der Waals surface area contributed by atoms with E-state index in [1.165, 1.54) is 11.8 Å². The van der Waals surface area contributed by atoms with Crippen LogP contribution < -0.4 is 16.0 Å². The number of likely N-dealkylation sites (tertiary alicyclic amines) is 1. The first-order valence-electron chi connectivity index (χ1n) is 15.5. The maximum atomic E-state index is 12.9. The highest BCUT2D eigenvalue weighted by Gasteiger charge is 2.22. The van der Waals surface area contributed by atoms with Crippen molar-refractivity contribution in [3.05, 3.63) is 100 Å². The molecule has 0 unspecified atom stereocenters. The van der Waals surface area contributed by atoms with Crippen LogP contribution in [0.4, 0.5) is 17.5 Å². The number of rotatable bonds is 10. The molecule has 3 N–H and O–H groups in total. The molecule has 0 bridgehead atoms. The number of ether oxygens (including phenoxy) is 1. The van der Waals surface area contributed by atoms with Crippen LogP contribution in [0.3, 0.4) is 0 Å². The van der Waals surface area contributed by atoms with Crippen LogP contribution in [-0.4, -0.2) is 59.5 Å². The van der Waals surface area contributed by atoms with Gasteiger partial charge in [0, 0.05) is 50.2 Å². The molecule has 1 aliphatic heterocycles. The molecule has 10 heteroatoms. The molecule has 3 aromatic carbocycles. The van der Waals surface area contributed by atoms with Gasteiger partial charge in [-0.05, 0) is 97.8 Å². The Kier molecular flexibility index (Phi) is 10.2. The minimum Gasteiger partial charge on any atom is -0.462 e. The molecule has 1 fully saturated rings. The largest absolute Gasteiger partial charge is 0.462 e. The van der Waals surface area contributed by atoms with Crippen molar-refractivity contribution in [2.45, 2.75) is 46.2 Å². The topological polar surface area (TPSA) is 132 Å². The molecule has 236 valence electrons. The number of nitrogens with one attached hydrogen (secondary N) is 3. The minimum absolute atomic E-state index is 0.0860. The van der Waals surface area contributed by atoms with Gasteiger partial charge in [0.05, 0.1) is 18.2 Å². The Hall–Kier alpha value is -5.27. The van der Waals surface area contributed by atoms with Gasteiger partial charge in [-0.2, -0.15) is 10.2 Å². The number of benzene rings is 3. The number of aromatic nitrogens is 2. The summed E-state index contributed by atoms with van der Waals surface area (Å²) in [5.74, 6) is 0.254. The van der Waals surface area contributed by atoms with E-state index in [2.05, 4.69) is 44.0 Å². The van der Waals surface area contributed by atoms with Crippen molar-refractivity contribution in [2.24, 2.45) is 0 Å². The van der Waals surface area contributed by atoms with Gasteiger partial charge in [-0.15, -0.1) is 0 Å². The number of hydrogen-bond acceptors (Lipinski definition) is 9. The number of carbonyl (C=O) groups is 2. The summed E-state index contributed by atoms with van der Waals surface area (Å²) in [4.78, 5) is 36.3. The molecule has 1 aliphatic rings. The van der Waals surface area contributed by atoms with Gasteiger partial charge in [-0.3, -0.25) is 9.69 Å². The quantitative estimate of drug-likeness (QED) is 0.184. The van der Waals surface area contributed by atoms with Crippen LogP contribution in [-0.2, 0) is 11.3 Å². The zero-order chi connectivity index (χ0) is 32.6. The van der Waals surface area contributed by atoms with Gasteiger partial charge in [0.1, 0.15) is 5.56 Å². The van der Waals surface area contributed by atoms with Crippen LogP contribution in [0.5, 0.6) is 0 Å². The molecule has 4 aromatic rings. The van der Waals surface area contributed by atoms with Crippen molar-refractivity contribution in [1.29, 1.82) is 5.26 Å². The van der Waals surface area contributed by atoms with E-state index in [0.717, 1.165) is 60.4 Å². The number of nitriles is 1. The molecule has 10 nitrogen and oxygen atoms in total. The molecular weight excluding hydrogens is 578 g/mol. The van der Waals surface area contributed by atoms with Gasteiger partial charge < -0.3 is 20.7 Å². The Morgan fingerprint density at radius 2 is 1.67 bits per heavy atom. The number of esters is 1. The van der Waals surface area contributed by atoms with E-state index in [0.29, 0.717) is 22.9 Å². The molecule has 1 amide bonds. The molecule has 5 rings (SSSR count). The monoisotopic (exact) mass is 617 g/mol. The number of amides is 1. The lowest BCUT2D eigenvalue weighted by Gasteiger charge is -2.32. The summed E-state index contributed by atoms with van der Waals surface area (Å²) in [7, 11) is 1.63. The van der Waals surface area contributed by atoms with Crippen LogP contribution in [0.1, 0.15) is 62.7 Å². The van der Waals surface area contributed by atoms with E-state index in [-0.39, 0.29) is 24.1 Å². The fourth-order valence-corrected chi connectivity index (χ4v) is 5.67. The lowest BCUT2D eigenvalue weighted by molar-refractivity contribution is 0.0526. The first-order valence-corrected chi connectivity index (χ1v) is 15.5. The van der Waals surface area contributed by atoms with Crippen molar-refractivity contribution in [3.8, 4) is 17.2 Å². The SMILES string of the molecule is CCOC(=O)c1cnc(NC2CCN(Cc3ccc(C(=O)NC)cc3)CC2)nc1Nc1c(C)cc(-c2ccc(C#N)cc2)cc1C. The fraction of sp³-hybridized carbons (Fsp3) is 0.306. The van der Waals surface area contributed by atoms with Crippen LogP contribution in [0.15, 0.2) is 66.9 Å². The minimum atomic E-state index is -0.488. The van der Waals surface area contributed by atoms with Gasteiger partial charge in [-0.25, -0.2) is 9.78 Å².